The van der Waals surface area contributed by atoms with Crippen molar-refractivity contribution in [2.75, 3.05) is 19.6 Å². The first-order chi connectivity index (χ1) is 12.8. The zero-order valence-electron chi connectivity index (χ0n) is 15.0. The van der Waals surface area contributed by atoms with Gasteiger partial charge in [-0.1, -0.05) is 18.2 Å². The Labute approximate surface area is 153 Å². The van der Waals surface area contributed by atoms with E-state index in [0.29, 0.717) is 37.1 Å². The van der Waals surface area contributed by atoms with Gasteiger partial charge in [0.1, 0.15) is 0 Å². The van der Waals surface area contributed by atoms with Gasteiger partial charge >= 0.3 is 18.2 Å². The molecule has 1 amide bonds. The van der Waals surface area contributed by atoms with Crippen LogP contribution in [0.2, 0.25) is 0 Å². The smallest absolute Gasteiger partial charge is 0.434 e. The molecule has 1 aromatic heterocycles. The monoisotopic (exact) mass is 383 g/mol. The molecule has 1 atom stereocenters. The van der Waals surface area contributed by atoms with E-state index in [1.54, 1.807) is 23.1 Å². The zero-order valence-corrected chi connectivity index (χ0v) is 15.0. The average Bonchev–Trinajstić information content (AvgIpc) is 2.97. The molecule has 1 aromatic carbocycles. The summed E-state index contributed by atoms with van der Waals surface area (Å²) in [6, 6.07) is 6.73. The number of amides is 1. The second-order valence-corrected chi connectivity index (χ2v) is 6.16. The first-order valence-electron chi connectivity index (χ1n) is 8.72. The molecule has 3 rings (SSSR count). The SMILES string of the molecule is CCN(CC)C(=O)n1c2c(c3ccccc31)CCNC2OC(=O)C(F)(F)F. The van der Waals surface area contributed by atoms with Crippen LogP contribution in [0.1, 0.15) is 31.3 Å². The number of hydrogen-bond acceptors (Lipinski definition) is 4. The predicted molar refractivity (Wildman–Crippen MR) is 92.2 cm³/mol. The highest BCUT2D eigenvalue weighted by molar-refractivity contribution is 5.96. The number of carbonyl (C=O) groups is 2. The van der Waals surface area contributed by atoms with Crippen molar-refractivity contribution in [3.05, 3.63) is 35.5 Å². The fraction of sp³-hybridized carbons (Fsp3) is 0.444. The zero-order chi connectivity index (χ0) is 19.8. The Morgan fingerprint density at radius 3 is 2.56 bits per heavy atom. The molecule has 2 aromatic rings. The molecule has 0 spiro atoms. The lowest BCUT2D eigenvalue weighted by Gasteiger charge is -2.28. The minimum Gasteiger partial charge on any atom is -0.434 e. The van der Waals surface area contributed by atoms with Crippen LogP contribution in [0.3, 0.4) is 0 Å². The van der Waals surface area contributed by atoms with Gasteiger partial charge in [0.05, 0.1) is 11.2 Å². The Kier molecular flexibility index (Phi) is 5.14. The number of nitrogens with one attached hydrogen (secondary N) is 1. The standard InChI is InChI=1S/C18H20F3N3O3/c1-3-23(4-2)17(26)24-13-8-6-5-7-11(13)12-9-10-22-15(14(12)24)27-16(25)18(19,20)21/h5-8,15,22H,3-4,9-10H2,1-2H3. The highest BCUT2D eigenvalue weighted by Gasteiger charge is 2.44. The summed E-state index contributed by atoms with van der Waals surface area (Å²) in [6.07, 6.45) is -5.96. The minimum absolute atomic E-state index is 0.247. The highest BCUT2D eigenvalue weighted by atomic mass is 19.4. The third-order valence-corrected chi connectivity index (χ3v) is 4.65. The number of halogens is 3. The molecule has 27 heavy (non-hydrogen) atoms. The second kappa shape index (κ2) is 7.22. The first-order valence-corrected chi connectivity index (χ1v) is 8.72. The summed E-state index contributed by atoms with van der Waals surface area (Å²) in [5.41, 5.74) is 1.54. The van der Waals surface area contributed by atoms with Crippen molar-refractivity contribution in [3.8, 4) is 0 Å². The van der Waals surface area contributed by atoms with Crippen LogP contribution < -0.4 is 5.32 Å². The maximum Gasteiger partial charge on any atom is 0.490 e. The van der Waals surface area contributed by atoms with Crippen LogP contribution in [0.25, 0.3) is 10.9 Å². The van der Waals surface area contributed by atoms with E-state index in [-0.39, 0.29) is 11.7 Å². The van der Waals surface area contributed by atoms with Gasteiger partial charge in [0.25, 0.3) is 0 Å². The van der Waals surface area contributed by atoms with Crippen molar-refractivity contribution in [2.24, 2.45) is 0 Å². The van der Waals surface area contributed by atoms with E-state index in [9.17, 15) is 22.8 Å². The maximum atomic E-state index is 13.1. The molecule has 0 radical (unpaired) electrons. The average molecular weight is 383 g/mol. The summed E-state index contributed by atoms with van der Waals surface area (Å²) >= 11 is 0. The molecule has 0 aliphatic carbocycles. The van der Waals surface area contributed by atoms with Crippen molar-refractivity contribution >= 4 is 22.9 Å². The molecule has 6 nitrogen and oxygen atoms in total. The van der Waals surface area contributed by atoms with Crippen LogP contribution in [0.4, 0.5) is 18.0 Å². The lowest BCUT2D eigenvalue weighted by molar-refractivity contribution is -0.207. The summed E-state index contributed by atoms with van der Waals surface area (Å²) < 4.78 is 44.1. The lowest BCUT2D eigenvalue weighted by Crippen LogP contribution is -2.41. The summed E-state index contributed by atoms with van der Waals surface area (Å²) in [7, 11) is 0. The van der Waals surface area contributed by atoms with Crippen molar-refractivity contribution in [2.45, 2.75) is 32.7 Å². The number of esters is 1. The summed E-state index contributed by atoms with van der Waals surface area (Å²) in [4.78, 5) is 26.0. The van der Waals surface area contributed by atoms with Gasteiger partial charge in [0.2, 0.25) is 0 Å². The molecule has 0 fully saturated rings. The number of rotatable bonds is 3. The number of carbonyl (C=O) groups excluding carboxylic acids is 2. The Morgan fingerprint density at radius 2 is 1.93 bits per heavy atom. The molecule has 1 unspecified atom stereocenters. The van der Waals surface area contributed by atoms with Gasteiger partial charge in [-0.3, -0.25) is 9.88 Å². The number of hydrogen-bond donors (Lipinski definition) is 1. The molecule has 1 aliphatic heterocycles. The van der Waals surface area contributed by atoms with E-state index in [2.05, 4.69) is 10.1 Å². The van der Waals surface area contributed by atoms with Crippen molar-refractivity contribution in [1.82, 2.24) is 14.8 Å². The highest BCUT2D eigenvalue weighted by Crippen LogP contribution is 2.35. The van der Waals surface area contributed by atoms with Gasteiger partial charge in [-0.15, -0.1) is 0 Å². The number of ether oxygens (including phenoxy) is 1. The predicted octanol–water partition coefficient (Wildman–Crippen LogP) is 3.20. The fourth-order valence-corrected chi connectivity index (χ4v) is 3.40. The van der Waals surface area contributed by atoms with Crippen molar-refractivity contribution in [1.29, 1.82) is 0 Å². The van der Waals surface area contributed by atoms with Crippen LogP contribution >= 0.6 is 0 Å². The van der Waals surface area contributed by atoms with Crippen LogP contribution in [0.5, 0.6) is 0 Å². The number of para-hydroxylation sites is 1. The molecule has 9 heteroatoms. The van der Waals surface area contributed by atoms with Gasteiger partial charge in [-0.25, -0.2) is 9.59 Å². The maximum absolute atomic E-state index is 13.1. The Morgan fingerprint density at radius 1 is 1.26 bits per heavy atom. The fourth-order valence-electron chi connectivity index (χ4n) is 3.40. The van der Waals surface area contributed by atoms with Gasteiger partial charge < -0.3 is 9.64 Å². The largest absolute Gasteiger partial charge is 0.490 e. The van der Waals surface area contributed by atoms with E-state index in [0.717, 1.165) is 5.39 Å². The number of alkyl halides is 3. The third kappa shape index (κ3) is 3.39. The van der Waals surface area contributed by atoms with E-state index in [1.807, 2.05) is 19.9 Å². The number of nitrogens with zero attached hydrogens (tertiary/aromatic N) is 2. The molecular formula is C18H20F3N3O3. The first kappa shape index (κ1) is 19.2. The van der Waals surface area contributed by atoms with Gasteiger partial charge in [-0.2, -0.15) is 13.2 Å². The normalized spacial score (nSPS) is 16.9. The number of fused-ring (bicyclic) bond motifs is 3. The van der Waals surface area contributed by atoms with Gasteiger partial charge in [-0.05, 0) is 31.9 Å². The summed E-state index contributed by atoms with van der Waals surface area (Å²) in [5.74, 6) is -2.29. The summed E-state index contributed by atoms with van der Waals surface area (Å²) in [6.45, 7) is 4.85. The topological polar surface area (TPSA) is 63.6 Å². The second-order valence-electron chi connectivity index (χ2n) is 6.16. The van der Waals surface area contributed by atoms with Crippen LogP contribution in [-0.4, -0.2) is 47.3 Å². The Balaban J connectivity index is 2.16. The molecule has 0 bridgehead atoms. The van der Waals surface area contributed by atoms with Crippen molar-refractivity contribution < 1.29 is 27.5 Å². The van der Waals surface area contributed by atoms with E-state index in [1.165, 1.54) is 4.57 Å². The molecule has 0 saturated carbocycles. The molecule has 1 N–H and O–H groups in total. The molecule has 146 valence electrons. The van der Waals surface area contributed by atoms with Gasteiger partial charge in [0.15, 0.2) is 6.23 Å². The van der Waals surface area contributed by atoms with Crippen molar-refractivity contribution in [3.63, 3.8) is 0 Å². The Bertz CT molecular complexity index is 872. The molecule has 0 saturated heterocycles. The molecule has 1 aliphatic rings. The van der Waals surface area contributed by atoms with Crippen LogP contribution in [0.15, 0.2) is 24.3 Å². The van der Waals surface area contributed by atoms with E-state index >= 15 is 0 Å². The van der Waals surface area contributed by atoms with Crippen LogP contribution in [0, 0.1) is 0 Å². The van der Waals surface area contributed by atoms with Gasteiger partial charge in [0, 0.05) is 25.0 Å². The molecular weight excluding hydrogens is 363 g/mol. The van der Waals surface area contributed by atoms with E-state index < -0.39 is 18.4 Å². The van der Waals surface area contributed by atoms with Crippen LogP contribution in [-0.2, 0) is 16.0 Å². The minimum atomic E-state index is -5.11. The lowest BCUT2D eigenvalue weighted by atomic mass is 10.0. The third-order valence-electron chi connectivity index (χ3n) is 4.65. The summed E-state index contributed by atoms with van der Waals surface area (Å²) in [5, 5.41) is 3.54. The number of aromatic nitrogens is 1. The quantitative estimate of drug-likeness (QED) is 0.827. The van der Waals surface area contributed by atoms with E-state index in [4.69, 9.17) is 0 Å². The Hall–Kier alpha value is -2.55. The number of benzene rings is 1. The molecule has 2 heterocycles.